The van der Waals surface area contributed by atoms with Gasteiger partial charge >= 0.3 is 0 Å². The van der Waals surface area contributed by atoms with E-state index in [0.717, 1.165) is 0 Å². The molecule has 0 aliphatic rings. The molecular weight excluding hydrogens is 150 g/mol. The second kappa shape index (κ2) is 5.63. The number of aliphatic hydroxyl groups is 1. The van der Waals surface area contributed by atoms with E-state index in [0.29, 0.717) is 6.41 Å². The van der Waals surface area contributed by atoms with Crippen molar-refractivity contribution in [3.63, 3.8) is 0 Å². The minimum absolute atomic E-state index is 0.155. The zero-order valence-corrected chi connectivity index (χ0v) is 5.91. The fourth-order valence-corrected chi connectivity index (χ4v) is 0.602. The normalized spacial score (nSPS) is 11.8. The number of aliphatic hydroxyl groups excluding tert-OH is 1. The van der Waals surface area contributed by atoms with Gasteiger partial charge in [0.2, 0.25) is 6.41 Å². The van der Waals surface area contributed by atoms with E-state index in [-0.39, 0.29) is 13.0 Å². The third kappa shape index (κ3) is 3.54. The summed E-state index contributed by atoms with van der Waals surface area (Å²) >= 11 is 0. The van der Waals surface area contributed by atoms with Gasteiger partial charge in [-0.2, -0.15) is 0 Å². The highest BCUT2D eigenvalue weighted by Gasteiger charge is 2.14. The van der Waals surface area contributed by atoms with Crippen molar-refractivity contribution < 1.29 is 14.7 Å². The highest BCUT2D eigenvalue weighted by molar-refractivity contribution is 5.82. The van der Waals surface area contributed by atoms with Gasteiger partial charge in [-0.25, -0.2) is 5.84 Å². The Morgan fingerprint density at radius 1 is 1.73 bits per heavy atom. The summed E-state index contributed by atoms with van der Waals surface area (Å²) in [6.45, 7) is -0.182. The lowest BCUT2D eigenvalue weighted by Gasteiger charge is -2.11. The Kier molecular flexibility index (Phi) is 5.05. The zero-order valence-electron chi connectivity index (χ0n) is 5.91. The van der Waals surface area contributed by atoms with Gasteiger partial charge in [0.05, 0.1) is 0 Å². The average molecular weight is 161 g/mol. The lowest BCUT2D eigenvalue weighted by atomic mass is 10.2. The molecule has 5 N–H and O–H groups in total. The van der Waals surface area contributed by atoms with Crippen molar-refractivity contribution in [2.45, 2.75) is 12.5 Å². The molecule has 0 aliphatic carbocycles. The van der Waals surface area contributed by atoms with Crippen molar-refractivity contribution in [2.75, 3.05) is 6.61 Å². The van der Waals surface area contributed by atoms with Gasteiger partial charge < -0.3 is 10.4 Å². The monoisotopic (exact) mass is 161 g/mol. The van der Waals surface area contributed by atoms with E-state index >= 15 is 0 Å². The molecule has 0 aliphatic heterocycles. The average Bonchev–Trinajstić information content (AvgIpc) is 2.03. The van der Waals surface area contributed by atoms with Crippen LogP contribution >= 0.6 is 0 Å². The Balaban J connectivity index is 3.86. The Hall–Kier alpha value is -1.14. The fraction of sp³-hybridized carbons (Fsp3) is 0.600. The first-order valence-corrected chi connectivity index (χ1v) is 3.07. The van der Waals surface area contributed by atoms with Gasteiger partial charge in [0, 0.05) is 6.61 Å². The molecule has 0 saturated heterocycles. The molecule has 0 saturated carbocycles. The second-order valence-corrected chi connectivity index (χ2v) is 1.86. The van der Waals surface area contributed by atoms with Crippen LogP contribution in [0.3, 0.4) is 0 Å². The Bertz CT molecular complexity index is 139. The van der Waals surface area contributed by atoms with Crippen LogP contribution in [-0.4, -0.2) is 30.1 Å². The molecule has 0 bridgehead atoms. The van der Waals surface area contributed by atoms with Crippen LogP contribution in [-0.2, 0) is 9.59 Å². The van der Waals surface area contributed by atoms with Crippen LogP contribution in [0.4, 0.5) is 0 Å². The van der Waals surface area contributed by atoms with Crippen LogP contribution < -0.4 is 16.6 Å². The number of rotatable bonds is 5. The van der Waals surface area contributed by atoms with Crippen LogP contribution in [0.15, 0.2) is 0 Å². The predicted molar refractivity (Wildman–Crippen MR) is 37.0 cm³/mol. The van der Waals surface area contributed by atoms with Crippen LogP contribution in [0.2, 0.25) is 0 Å². The molecule has 0 aromatic heterocycles. The maximum Gasteiger partial charge on any atom is 0.256 e. The standard InChI is InChI=1S/C5H11N3O3/c6-8-5(11)4(1-2-9)7-3-10/h3-4,9H,1-2,6H2,(H,7,10)(H,8,11). The summed E-state index contributed by atoms with van der Waals surface area (Å²) in [5.41, 5.74) is 1.86. The molecule has 6 nitrogen and oxygen atoms in total. The van der Waals surface area contributed by atoms with Gasteiger partial charge in [-0.05, 0) is 6.42 Å². The lowest BCUT2D eigenvalue weighted by molar-refractivity contribution is -0.125. The SMILES string of the molecule is NNC(=O)C(CCO)NC=O. The predicted octanol–water partition coefficient (Wildman–Crippen LogP) is -2.53. The molecule has 0 radical (unpaired) electrons. The van der Waals surface area contributed by atoms with Crippen LogP contribution in [0.5, 0.6) is 0 Å². The first-order chi connectivity index (χ1) is 5.26. The number of hydrazine groups is 1. The fourth-order valence-electron chi connectivity index (χ4n) is 0.602. The van der Waals surface area contributed by atoms with Gasteiger partial charge in [-0.15, -0.1) is 0 Å². The van der Waals surface area contributed by atoms with E-state index in [9.17, 15) is 9.59 Å². The van der Waals surface area contributed by atoms with Crippen LogP contribution in [0.25, 0.3) is 0 Å². The Morgan fingerprint density at radius 3 is 2.73 bits per heavy atom. The summed E-state index contributed by atoms with van der Waals surface area (Å²) in [6, 6.07) is -0.748. The topological polar surface area (TPSA) is 104 Å². The molecule has 2 amide bonds. The van der Waals surface area contributed by atoms with Crippen molar-refractivity contribution in [3.05, 3.63) is 0 Å². The summed E-state index contributed by atoms with van der Waals surface area (Å²) in [5, 5.41) is 10.6. The van der Waals surface area contributed by atoms with Gasteiger partial charge in [0.15, 0.2) is 0 Å². The summed E-state index contributed by atoms with van der Waals surface area (Å²) in [6.07, 6.45) is 0.539. The van der Waals surface area contributed by atoms with Crippen molar-refractivity contribution in [1.82, 2.24) is 10.7 Å². The first kappa shape index (κ1) is 9.86. The van der Waals surface area contributed by atoms with Crippen molar-refractivity contribution >= 4 is 12.3 Å². The number of nitrogens with two attached hydrogens (primary N) is 1. The summed E-state index contributed by atoms with van der Waals surface area (Å²) < 4.78 is 0. The van der Waals surface area contributed by atoms with Crippen LogP contribution in [0, 0.1) is 0 Å². The number of amides is 2. The first-order valence-electron chi connectivity index (χ1n) is 3.07. The summed E-state index contributed by atoms with van der Waals surface area (Å²) in [4.78, 5) is 20.6. The molecule has 11 heavy (non-hydrogen) atoms. The maximum absolute atomic E-state index is 10.7. The molecule has 0 rings (SSSR count). The molecule has 0 aromatic carbocycles. The highest BCUT2D eigenvalue weighted by Crippen LogP contribution is 1.88. The lowest BCUT2D eigenvalue weighted by Crippen LogP contribution is -2.46. The largest absolute Gasteiger partial charge is 0.396 e. The molecule has 6 heteroatoms. The van der Waals surface area contributed by atoms with E-state index in [1.54, 1.807) is 0 Å². The molecular formula is C5H11N3O3. The Labute approximate surface area is 63.7 Å². The minimum Gasteiger partial charge on any atom is -0.396 e. The van der Waals surface area contributed by atoms with Crippen molar-refractivity contribution in [1.29, 1.82) is 0 Å². The van der Waals surface area contributed by atoms with Gasteiger partial charge in [0.1, 0.15) is 6.04 Å². The number of nitrogens with one attached hydrogen (secondary N) is 2. The number of hydrogen-bond donors (Lipinski definition) is 4. The second-order valence-electron chi connectivity index (χ2n) is 1.86. The highest BCUT2D eigenvalue weighted by atomic mass is 16.3. The third-order valence-electron chi connectivity index (χ3n) is 1.15. The van der Waals surface area contributed by atoms with E-state index in [4.69, 9.17) is 10.9 Å². The third-order valence-corrected chi connectivity index (χ3v) is 1.15. The molecule has 64 valence electrons. The van der Waals surface area contributed by atoms with Gasteiger partial charge in [-0.3, -0.25) is 15.0 Å². The van der Waals surface area contributed by atoms with E-state index in [1.807, 2.05) is 5.43 Å². The molecule has 0 heterocycles. The molecule has 1 unspecified atom stereocenters. The van der Waals surface area contributed by atoms with Crippen LogP contribution in [0.1, 0.15) is 6.42 Å². The number of hydrogen-bond acceptors (Lipinski definition) is 4. The zero-order chi connectivity index (χ0) is 8.69. The maximum atomic E-state index is 10.7. The Morgan fingerprint density at radius 2 is 2.36 bits per heavy atom. The van der Waals surface area contributed by atoms with Gasteiger partial charge in [0.25, 0.3) is 5.91 Å². The quantitative estimate of drug-likeness (QED) is 0.154. The molecule has 0 fully saturated rings. The smallest absolute Gasteiger partial charge is 0.256 e. The van der Waals surface area contributed by atoms with E-state index in [1.165, 1.54) is 0 Å². The van der Waals surface area contributed by atoms with E-state index in [2.05, 4.69) is 5.32 Å². The van der Waals surface area contributed by atoms with Gasteiger partial charge in [-0.1, -0.05) is 0 Å². The molecule has 0 spiro atoms. The van der Waals surface area contributed by atoms with Crippen molar-refractivity contribution in [3.8, 4) is 0 Å². The summed E-state index contributed by atoms with van der Waals surface area (Å²) in [7, 11) is 0. The van der Waals surface area contributed by atoms with E-state index < -0.39 is 11.9 Å². The minimum atomic E-state index is -0.748. The van der Waals surface area contributed by atoms with Crippen molar-refractivity contribution in [2.24, 2.45) is 5.84 Å². The molecule has 1 atom stereocenters. The molecule has 0 aromatic rings. The number of carbonyl (C=O) groups is 2. The summed E-state index contributed by atoms with van der Waals surface area (Å²) in [5.74, 6) is 4.27. The number of carbonyl (C=O) groups excluding carboxylic acids is 2.